The van der Waals surface area contributed by atoms with Gasteiger partial charge in [-0.1, -0.05) is 20.3 Å². The summed E-state index contributed by atoms with van der Waals surface area (Å²) in [6.45, 7) is 7.21. The maximum Gasteiger partial charge on any atom is 0.129 e. The summed E-state index contributed by atoms with van der Waals surface area (Å²) in [6, 6.07) is 0. The summed E-state index contributed by atoms with van der Waals surface area (Å²) >= 11 is 0. The second kappa shape index (κ2) is 7.05. The molecule has 0 spiro atoms. The maximum absolute atomic E-state index is 10.8. The lowest BCUT2D eigenvalue weighted by Gasteiger charge is -2.29. The number of hydrogen-bond donors (Lipinski definition) is 0. The Hall–Kier alpha value is -0.370. The van der Waals surface area contributed by atoms with E-state index in [1.54, 1.807) is 6.92 Å². The molecule has 1 heterocycles. The van der Waals surface area contributed by atoms with Crippen LogP contribution in [0.15, 0.2) is 0 Å². The van der Waals surface area contributed by atoms with E-state index in [9.17, 15) is 4.79 Å². The first-order valence-corrected chi connectivity index (χ1v) is 6.69. The number of rotatable bonds is 6. The van der Waals surface area contributed by atoms with Crippen molar-refractivity contribution in [2.75, 3.05) is 6.61 Å². The third kappa shape index (κ3) is 5.64. The second-order valence-corrected chi connectivity index (χ2v) is 5.56. The Morgan fingerprint density at radius 2 is 2.25 bits per heavy atom. The van der Waals surface area contributed by atoms with Crippen molar-refractivity contribution in [3.63, 3.8) is 0 Å². The molecule has 0 saturated carbocycles. The summed E-state index contributed by atoms with van der Waals surface area (Å²) in [5, 5.41) is 0. The molecule has 0 N–H and O–H groups in total. The molecule has 1 aliphatic heterocycles. The Labute approximate surface area is 99.8 Å². The fraction of sp³-hybridized carbons (Fsp3) is 0.929. The van der Waals surface area contributed by atoms with Crippen LogP contribution in [0, 0.1) is 11.8 Å². The Bertz CT molecular complexity index is 213. The van der Waals surface area contributed by atoms with Crippen LogP contribution in [0.3, 0.4) is 0 Å². The summed E-state index contributed by atoms with van der Waals surface area (Å²) in [6.07, 6.45) is 7.02. The fourth-order valence-corrected chi connectivity index (χ4v) is 2.50. The van der Waals surface area contributed by atoms with Crippen LogP contribution in [-0.4, -0.2) is 18.5 Å². The van der Waals surface area contributed by atoms with Crippen LogP contribution >= 0.6 is 0 Å². The molecular formula is C14H26O2. The number of ketones is 1. The summed E-state index contributed by atoms with van der Waals surface area (Å²) in [7, 11) is 0. The summed E-state index contributed by atoms with van der Waals surface area (Å²) in [5.74, 6) is 1.83. The third-order valence-corrected chi connectivity index (χ3v) is 3.52. The van der Waals surface area contributed by atoms with Crippen LogP contribution in [0.2, 0.25) is 0 Å². The number of ether oxygens (including phenoxy) is 1. The lowest BCUT2D eigenvalue weighted by atomic mass is 9.90. The van der Waals surface area contributed by atoms with Gasteiger partial charge in [-0.25, -0.2) is 0 Å². The van der Waals surface area contributed by atoms with E-state index in [0.29, 0.717) is 17.8 Å². The lowest BCUT2D eigenvalue weighted by Crippen LogP contribution is -2.26. The van der Waals surface area contributed by atoms with Gasteiger partial charge in [0.25, 0.3) is 0 Å². The molecular weight excluding hydrogens is 200 g/mol. The van der Waals surface area contributed by atoms with E-state index in [2.05, 4.69) is 13.8 Å². The van der Waals surface area contributed by atoms with Crippen LogP contribution in [-0.2, 0) is 9.53 Å². The molecule has 0 aromatic carbocycles. The monoisotopic (exact) mass is 226 g/mol. The summed E-state index contributed by atoms with van der Waals surface area (Å²) in [4.78, 5) is 10.8. The van der Waals surface area contributed by atoms with E-state index in [-0.39, 0.29) is 0 Å². The molecule has 0 radical (unpaired) electrons. The van der Waals surface area contributed by atoms with Gasteiger partial charge in [-0.3, -0.25) is 0 Å². The van der Waals surface area contributed by atoms with E-state index in [1.807, 2.05) is 0 Å². The van der Waals surface area contributed by atoms with E-state index in [4.69, 9.17) is 4.74 Å². The minimum Gasteiger partial charge on any atom is -0.378 e. The fourth-order valence-electron chi connectivity index (χ4n) is 2.50. The molecule has 94 valence electrons. The summed E-state index contributed by atoms with van der Waals surface area (Å²) in [5.41, 5.74) is 0. The minimum atomic E-state index is 0.315. The molecule has 1 saturated heterocycles. The SMILES string of the molecule is CC(=O)CCCC(C)CC1CC(C)CCO1. The molecule has 0 aromatic rings. The van der Waals surface area contributed by atoms with Crippen LogP contribution < -0.4 is 0 Å². The normalized spacial score (nSPS) is 27.7. The van der Waals surface area contributed by atoms with Crippen molar-refractivity contribution in [2.45, 2.75) is 65.4 Å². The van der Waals surface area contributed by atoms with Crippen molar-refractivity contribution in [2.24, 2.45) is 11.8 Å². The molecule has 3 atom stereocenters. The number of Topliss-reactive ketones (excluding diaryl/α,β-unsaturated/α-hetero) is 1. The zero-order chi connectivity index (χ0) is 12.0. The molecule has 2 heteroatoms. The van der Waals surface area contributed by atoms with Crippen molar-refractivity contribution in [3.8, 4) is 0 Å². The molecule has 16 heavy (non-hydrogen) atoms. The largest absolute Gasteiger partial charge is 0.378 e. The van der Waals surface area contributed by atoms with E-state index < -0.39 is 0 Å². The molecule has 1 rings (SSSR count). The predicted octanol–water partition coefficient (Wildman–Crippen LogP) is 3.59. The molecule has 0 aliphatic carbocycles. The first-order valence-electron chi connectivity index (χ1n) is 6.69. The van der Waals surface area contributed by atoms with Gasteiger partial charge in [-0.15, -0.1) is 0 Å². The Kier molecular flexibility index (Phi) is 6.04. The van der Waals surface area contributed by atoms with Gasteiger partial charge in [-0.2, -0.15) is 0 Å². The highest BCUT2D eigenvalue weighted by atomic mass is 16.5. The average molecular weight is 226 g/mol. The zero-order valence-electron chi connectivity index (χ0n) is 11.0. The van der Waals surface area contributed by atoms with E-state index in [0.717, 1.165) is 31.8 Å². The highest BCUT2D eigenvalue weighted by Crippen LogP contribution is 2.25. The molecule has 0 bridgehead atoms. The lowest BCUT2D eigenvalue weighted by molar-refractivity contribution is -0.117. The Morgan fingerprint density at radius 1 is 1.50 bits per heavy atom. The van der Waals surface area contributed by atoms with Gasteiger partial charge in [0.15, 0.2) is 0 Å². The Balaban J connectivity index is 2.12. The molecule has 1 fully saturated rings. The predicted molar refractivity (Wildman–Crippen MR) is 66.5 cm³/mol. The van der Waals surface area contributed by atoms with Crippen LogP contribution in [0.25, 0.3) is 0 Å². The average Bonchev–Trinajstić information content (AvgIpc) is 2.16. The van der Waals surface area contributed by atoms with Crippen molar-refractivity contribution < 1.29 is 9.53 Å². The third-order valence-electron chi connectivity index (χ3n) is 3.52. The smallest absolute Gasteiger partial charge is 0.129 e. The second-order valence-electron chi connectivity index (χ2n) is 5.56. The van der Waals surface area contributed by atoms with Crippen molar-refractivity contribution >= 4 is 5.78 Å². The van der Waals surface area contributed by atoms with E-state index in [1.165, 1.54) is 19.3 Å². The van der Waals surface area contributed by atoms with Gasteiger partial charge >= 0.3 is 0 Å². The molecule has 0 aromatic heterocycles. The van der Waals surface area contributed by atoms with Crippen molar-refractivity contribution in [3.05, 3.63) is 0 Å². The van der Waals surface area contributed by atoms with Crippen LogP contribution in [0.1, 0.15) is 59.3 Å². The van der Waals surface area contributed by atoms with E-state index >= 15 is 0 Å². The molecule has 2 nitrogen and oxygen atoms in total. The van der Waals surface area contributed by atoms with Gasteiger partial charge in [0, 0.05) is 13.0 Å². The highest BCUT2D eigenvalue weighted by Gasteiger charge is 2.21. The summed E-state index contributed by atoms with van der Waals surface area (Å²) < 4.78 is 5.78. The van der Waals surface area contributed by atoms with Crippen LogP contribution in [0.5, 0.6) is 0 Å². The maximum atomic E-state index is 10.8. The zero-order valence-corrected chi connectivity index (χ0v) is 11.0. The molecule has 0 amide bonds. The minimum absolute atomic E-state index is 0.315. The number of carbonyl (C=O) groups is 1. The number of hydrogen-bond acceptors (Lipinski definition) is 2. The first kappa shape index (κ1) is 13.7. The number of carbonyl (C=O) groups excluding carboxylic acids is 1. The van der Waals surface area contributed by atoms with Gasteiger partial charge in [0.1, 0.15) is 5.78 Å². The standard InChI is InChI=1S/C14H26O2/c1-11(5-4-6-13(3)15)9-14-10-12(2)7-8-16-14/h11-12,14H,4-10H2,1-3H3. The molecule has 1 aliphatic rings. The van der Waals surface area contributed by atoms with Gasteiger partial charge < -0.3 is 9.53 Å². The van der Waals surface area contributed by atoms with Crippen LogP contribution in [0.4, 0.5) is 0 Å². The van der Waals surface area contributed by atoms with Crippen molar-refractivity contribution in [1.82, 2.24) is 0 Å². The first-order chi connectivity index (χ1) is 7.58. The highest BCUT2D eigenvalue weighted by molar-refractivity contribution is 5.75. The van der Waals surface area contributed by atoms with Crippen molar-refractivity contribution in [1.29, 1.82) is 0 Å². The van der Waals surface area contributed by atoms with Gasteiger partial charge in [-0.05, 0) is 44.4 Å². The quantitative estimate of drug-likeness (QED) is 0.692. The topological polar surface area (TPSA) is 26.3 Å². The molecule has 3 unspecified atom stereocenters. The van der Waals surface area contributed by atoms with Gasteiger partial charge in [0.05, 0.1) is 6.10 Å². The Morgan fingerprint density at radius 3 is 2.88 bits per heavy atom. The van der Waals surface area contributed by atoms with Gasteiger partial charge in [0.2, 0.25) is 0 Å².